The van der Waals surface area contributed by atoms with Crippen molar-refractivity contribution in [2.75, 3.05) is 12.3 Å². The number of aromatic nitrogens is 2. The number of nitrogens with zero attached hydrogens (tertiary/aromatic N) is 2. The Bertz CT molecular complexity index is 1050. The second-order valence-electron chi connectivity index (χ2n) is 7.68. The van der Waals surface area contributed by atoms with Gasteiger partial charge in [0.1, 0.15) is 11.4 Å². The number of ketones is 1. The van der Waals surface area contributed by atoms with Crippen LogP contribution in [-0.2, 0) is 0 Å². The van der Waals surface area contributed by atoms with E-state index >= 15 is 0 Å². The van der Waals surface area contributed by atoms with Crippen molar-refractivity contribution in [1.29, 1.82) is 0 Å². The summed E-state index contributed by atoms with van der Waals surface area (Å²) in [5.41, 5.74) is 8.77. The van der Waals surface area contributed by atoms with Gasteiger partial charge in [0.2, 0.25) is 5.88 Å². The molecule has 1 amide bonds. The topological polar surface area (TPSA) is 99.2 Å². The van der Waals surface area contributed by atoms with Gasteiger partial charge in [-0.25, -0.2) is 4.68 Å². The maximum absolute atomic E-state index is 13.2. The molecule has 2 aromatic rings. The van der Waals surface area contributed by atoms with E-state index in [1.54, 1.807) is 12.1 Å². The van der Waals surface area contributed by atoms with Crippen LogP contribution in [0, 0.1) is 12.8 Å². The van der Waals surface area contributed by atoms with Gasteiger partial charge in [-0.3, -0.25) is 9.59 Å². The zero-order valence-electron chi connectivity index (χ0n) is 17.2. The van der Waals surface area contributed by atoms with Crippen molar-refractivity contribution in [2.45, 2.75) is 39.2 Å². The van der Waals surface area contributed by atoms with Crippen LogP contribution in [0.25, 0.3) is 5.69 Å². The van der Waals surface area contributed by atoms with E-state index in [1.165, 1.54) is 4.68 Å². The van der Waals surface area contributed by atoms with Crippen LogP contribution in [-0.4, -0.2) is 34.1 Å². The van der Waals surface area contributed by atoms with Crippen LogP contribution in [0.1, 0.15) is 52.5 Å². The summed E-state index contributed by atoms with van der Waals surface area (Å²) in [6.45, 7) is 4.11. The molecule has 7 heteroatoms. The van der Waals surface area contributed by atoms with Gasteiger partial charge in [0, 0.05) is 17.5 Å². The van der Waals surface area contributed by atoms with Gasteiger partial charge in [0.05, 0.1) is 12.3 Å². The molecule has 1 unspecified atom stereocenters. The Labute approximate surface area is 175 Å². The van der Waals surface area contributed by atoms with Crippen molar-refractivity contribution in [3.8, 4) is 11.6 Å². The van der Waals surface area contributed by atoms with Crippen molar-refractivity contribution in [2.24, 2.45) is 5.92 Å². The number of benzene rings is 1. The molecule has 1 saturated carbocycles. The zero-order chi connectivity index (χ0) is 21.3. The second-order valence-corrected chi connectivity index (χ2v) is 7.68. The molecule has 0 spiro atoms. The number of carbonyl (C=O) groups excluding carboxylic acids is 2. The summed E-state index contributed by atoms with van der Waals surface area (Å²) < 4.78 is 7.16. The zero-order valence-corrected chi connectivity index (χ0v) is 17.2. The molecule has 4 rings (SSSR count). The molecule has 3 N–H and O–H groups in total. The van der Waals surface area contributed by atoms with Crippen molar-refractivity contribution >= 4 is 17.5 Å². The Kier molecular flexibility index (Phi) is 5.44. The van der Waals surface area contributed by atoms with E-state index in [1.807, 2.05) is 44.2 Å². The van der Waals surface area contributed by atoms with Crippen LogP contribution in [0.15, 0.2) is 42.5 Å². The molecule has 1 fully saturated rings. The first-order valence-corrected chi connectivity index (χ1v) is 10.3. The third kappa shape index (κ3) is 3.87. The van der Waals surface area contributed by atoms with Crippen LogP contribution in [0.3, 0.4) is 0 Å². The summed E-state index contributed by atoms with van der Waals surface area (Å²) in [7, 11) is 0. The number of hydrogen-bond acceptors (Lipinski definition) is 5. The Morgan fingerprint density at radius 3 is 2.77 bits per heavy atom. The Morgan fingerprint density at radius 1 is 1.30 bits per heavy atom. The molecule has 30 heavy (non-hydrogen) atoms. The lowest BCUT2D eigenvalue weighted by Gasteiger charge is -2.13. The highest BCUT2D eigenvalue weighted by Gasteiger charge is 2.29. The fourth-order valence-corrected chi connectivity index (χ4v) is 3.50. The molecule has 0 radical (unpaired) electrons. The van der Waals surface area contributed by atoms with Crippen LogP contribution < -0.4 is 15.8 Å². The number of nitrogens with one attached hydrogen (secondary N) is 1. The van der Waals surface area contributed by atoms with Gasteiger partial charge in [-0.2, -0.15) is 0 Å². The molecule has 1 aromatic carbocycles. The van der Waals surface area contributed by atoms with Gasteiger partial charge in [-0.15, -0.1) is 5.10 Å². The second kappa shape index (κ2) is 8.18. The first-order chi connectivity index (χ1) is 14.5. The van der Waals surface area contributed by atoms with Crippen molar-refractivity contribution in [1.82, 2.24) is 15.1 Å². The summed E-state index contributed by atoms with van der Waals surface area (Å²) in [5.74, 6) is -0.108. The first kappa shape index (κ1) is 19.9. The van der Waals surface area contributed by atoms with Crippen LogP contribution in [0.5, 0.6) is 5.88 Å². The average Bonchev–Trinajstić information content (AvgIpc) is 3.51. The molecule has 0 saturated heterocycles. The van der Waals surface area contributed by atoms with Gasteiger partial charge in [-0.1, -0.05) is 30.4 Å². The Balaban J connectivity index is 1.74. The Morgan fingerprint density at radius 2 is 2.10 bits per heavy atom. The largest absolute Gasteiger partial charge is 0.476 e. The fourth-order valence-electron chi connectivity index (χ4n) is 3.50. The monoisotopic (exact) mass is 406 g/mol. The molecule has 0 bridgehead atoms. The van der Waals surface area contributed by atoms with E-state index in [4.69, 9.17) is 10.5 Å². The van der Waals surface area contributed by atoms with Gasteiger partial charge in [0.25, 0.3) is 5.91 Å². The maximum Gasteiger partial charge on any atom is 0.251 e. The minimum Gasteiger partial charge on any atom is -0.476 e. The molecule has 156 valence electrons. The fraction of sp³-hybridized carbons (Fsp3) is 0.348. The normalized spacial score (nSPS) is 17.7. The van der Waals surface area contributed by atoms with E-state index in [2.05, 4.69) is 10.4 Å². The lowest BCUT2D eigenvalue weighted by Crippen LogP contribution is -2.25. The van der Waals surface area contributed by atoms with Crippen LogP contribution >= 0.6 is 0 Å². The summed E-state index contributed by atoms with van der Waals surface area (Å²) in [4.78, 5) is 25.7. The molecule has 7 nitrogen and oxygen atoms in total. The highest BCUT2D eigenvalue weighted by atomic mass is 16.5. The van der Waals surface area contributed by atoms with E-state index in [0.29, 0.717) is 24.3 Å². The standard InChI is InChI=1S/C23H26N4O3/c1-3-30-23-19(20(28)15-7-5-4-6-8-15)21(24)27(26-23)18-13-16(10-9-14(18)2)22(29)25-17-11-12-17/h4-7,9-10,13,15,17H,3,8,11-12,24H2,1-2H3,(H,25,29). The molecular weight excluding hydrogens is 380 g/mol. The number of ether oxygens (including phenoxy) is 1. The molecule has 1 heterocycles. The molecule has 0 aliphatic heterocycles. The molecule has 2 aliphatic carbocycles. The Hall–Kier alpha value is -3.35. The number of Topliss-reactive ketones (excluding diaryl/α,β-unsaturated/α-hetero) is 1. The maximum atomic E-state index is 13.2. The summed E-state index contributed by atoms with van der Waals surface area (Å²) in [6, 6.07) is 5.66. The number of allylic oxidation sites excluding steroid dienone is 4. The number of nitrogen functional groups attached to an aromatic ring is 1. The minimum atomic E-state index is -0.300. The van der Waals surface area contributed by atoms with Gasteiger partial charge in [0.15, 0.2) is 5.78 Å². The molecule has 1 aromatic heterocycles. The first-order valence-electron chi connectivity index (χ1n) is 10.3. The SMILES string of the molecule is CCOc1nn(-c2cc(C(=O)NC3CC3)ccc2C)c(N)c1C(=O)C1C=CC=CC1. The smallest absolute Gasteiger partial charge is 0.251 e. The average molecular weight is 406 g/mol. The van der Waals surface area contributed by atoms with Gasteiger partial charge in [-0.05, 0) is 50.8 Å². The number of aryl methyl sites for hydroxylation is 1. The third-order valence-electron chi connectivity index (χ3n) is 5.35. The quantitative estimate of drug-likeness (QED) is 0.687. The number of anilines is 1. The van der Waals surface area contributed by atoms with E-state index in [9.17, 15) is 9.59 Å². The van der Waals surface area contributed by atoms with E-state index in [-0.39, 0.29) is 40.9 Å². The van der Waals surface area contributed by atoms with E-state index < -0.39 is 0 Å². The summed E-state index contributed by atoms with van der Waals surface area (Å²) in [6.07, 6.45) is 10.2. The predicted octanol–water partition coefficient (Wildman–Crippen LogP) is 3.37. The van der Waals surface area contributed by atoms with Crippen molar-refractivity contribution in [3.63, 3.8) is 0 Å². The number of carbonyl (C=O) groups is 2. The lowest BCUT2D eigenvalue weighted by molar-refractivity contribution is 0.0937. The summed E-state index contributed by atoms with van der Waals surface area (Å²) >= 11 is 0. The number of rotatable bonds is 7. The number of nitrogens with two attached hydrogens (primary N) is 1. The van der Waals surface area contributed by atoms with Gasteiger partial charge < -0.3 is 15.8 Å². The predicted molar refractivity (Wildman–Crippen MR) is 115 cm³/mol. The molecule has 2 aliphatic rings. The third-order valence-corrected chi connectivity index (χ3v) is 5.35. The highest BCUT2D eigenvalue weighted by Crippen LogP contribution is 2.32. The molecule has 1 atom stereocenters. The van der Waals surface area contributed by atoms with E-state index in [0.717, 1.165) is 18.4 Å². The van der Waals surface area contributed by atoms with Gasteiger partial charge >= 0.3 is 0 Å². The highest BCUT2D eigenvalue weighted by molar-refractivity contribution is 6.05. The van der Waals surface area contributed by atoms with Crippen molar-refractivity contribution in [3.05, 3.63) is 59.2 Å². The van der Waals surface area contributed by atoms with Crippen LogP contribution in [0.2, 0.25) is 0 Å². The van der Waals surface area contributed by atoms with Crippen LogP contribution in [0.4, 0.5) is 5.82 Å². The number of hydrogen-bond donors (Lipinski definition) is 2. The lowest BCUT2D eigenvalue weighted by atomic mass is 9.92. The molecular formula is C23H26N4O3. The number of amides is 1. The minimum absolute atomic E-state index is 0.120. The van der Waals surface area contributed by atoms with Crippen molar-refractivity contribution < 1.29 is 14.3 Å². The summed E-state index contributed by atoms with van der Waals surface area (Å²) in [5, 5.41) is 7.48.